The van der Waals surface area contributed by atoms with E-state index in [2.05, 4.69) is 15.2 Å². The van der Waals surface area contributed by atoms with Gasteiger partial charge in [-0.15, -0.1) is 0 Å². The SMILES string of the molecule is O=C(Nc1ccc2c(c1)OCC(=O)N2CCN1CCOCC1)c1ccncc1. The Kier molecular flexibility index (Phi) is 5.50. The number of carbonyl (C=O) groups excluding carboxylic acids is 2. The first-order valence-corrected chi connectivity index (χ1v) is 9.29. The number of anilines is 2. The molecular weight excluding hydrogens is 360 g/mol. The van der Waals surface area contributed by atoms with Crippen molar-refractivity contribution in [1.29, 1.82) is 0 Å². The smallest absolute Gasteiger partial charge is 0.265 e. The van der Waals surface area contributed by atoms with Gasteiger partial charge in [-0.3, -0.25) is 19.5 Å². The molecule has 8 heteroatoms. The van der Waals surface area contributed by atoms with Crippen molar-refractivity contribution in [3.8, 4) is 5.75 Å². The van der Waals surface area contributed by atoms with E-state index in [4.69, 9.17) is 9.47 Å². The van der Waals surface area contributed by atoms with Gasteiger partial charge in [-0.25, -0.2) is 0 Å². The van der Waals surface area contributed by atoms with Gasteiger partial charge in [0.25, 0.3) is 11.8 Å². The van der Waals surface area contributed by atoms with Crippen LogP contribution in [0.15, 0.2) is 42.7 Å². The molecule has 0 radical (unpaired) electrons. The molecule has 0 bridgehead atoms. The van der Waals surface area contributed by atoms with E-state index in [0.29, 0.717) is 23.5 Å². The highest BCUT2D eigenvalue weighted by Crippen LogP contribution is 2.34. The van der Waals surface area contributed by atoms with Crippen molar-refractivity contribution >= 4 is 23.2 Å². The number of amides is 2. The van der Waals surface area contributed by atoms with Gasteiger partial charge in [-0.1, -0.05) is 0 Å². The monoisotopic (exact) mass is 382 g/mol. The zero-order valence-corrected chi connectivity index (χ0v) is 15.5. The van der Waals surface area contributed by atoms with Crippen LogP contribution in [0.25, 0.3) is 0 Å². The van der Waals surface area contributed by atoms with Crippen molar-refractivity contribution in [2.24, 2.45) is 0 Å². The van der Waals surface area contributed by atoms with Gasteiger partial charge in [0.1, 0.15) is 5.75 Å². The number of benzene rings is 1. The van der Waals surface area contributed by atoms with Crippen molar-refractivity contribution in [3.63, 3.8) is 0 Å². The number of pyridine rings is 1. The van der Waals surface area contributed by atoms with E-state index in [9.17, 15) is 9.59 Å². The van der Waals surface area contributed by atoms with Crippen LogP contribution in [0.3, 0.4) is 0 Å². The molecule has 28 heavy (non-hydrogen) atoms. The van der Waals surface area contributed by atoms with Crippen LogP contribution in [0.5, 0.6) is 5.75 Å². The lowest BCUT2D eigenvalue weighted by atomic mass is 10.2. The molecule has 4 rings (SSSR count). The lowest BCUT2D eigenvalue weighted by molar-refractivity contribution is -0.121. The molecule has 0 unspecified atom stereocenters. The fraction of sp³-hybridized carbons (Fsp3) is 0.350. The summed E-state index contributed by atoms with van der Waals surface area (Å²) in [6.07, 6.45) is 3.14. The van der Waals surface area contributed by atoms with Gasteiger partial charge in [0.15, 0.2) is 6.61 Å². The summed E-state index contributed by atoms with van der Waals surface area (Å²) in [7, 11) is 0. The molecule has 0 aliphatic carbocycles. The number of rotatable bonds is 5. The summed E-state index contributed by atoms with van der Waals surface area (Å²) in [6.45, 7) is 4.60. The fourth-order valence-corrected chi connectivity index (χ4v) is 3.30. The summed E-state index contributed by atoms with van der Waals surface area (Å²) >= 11 is 0. The molecule has 146 valence electrons. The Morgan fingerprint density at radius 2 is 1.89 bits per heavy atom. The van der Waals surface area contributed by atoms with Crippen LogP contribution in [-0.2, 0) is 9.53 Å². The number of nitrogens with one attached hydrogen (secondary N) is 1. The molecule has 2 aliphatic rings. The Morgan fingerprint density at radius 1 is 1.11 bits per heavy atom. The average Bonchev–Trinajstić information content (AvgIpc) is 2.74. The van der Waals surface area contributed by atoms with E-state index in [0.717, 1.165) is 38.5 Å². The Balaban J connectivity index is 1.45. The van der Waals surface area contributed by atoms with Crippen LogP contribution in [0.2, 0.25) is 0 Å². The standard InChI is InChI=1S/C20H22N4O4/c25-19-14-28-18-13-16(22-20(26)15-3-5-21-6-4-15)1-2-17(18)24(19)8-7-23-9-11-27-12-10-23/h1-6,13H,7-12,14H2,(H,22,26). The van der Waals surface area contributed by atoms with E-state index < -0.39 is 0 Å². The molecule has 2 amide bonds. The van der Waals surface area contributed by atoms with Crippen LogP contribution in [0.1, 0.15) is 10.4 Å². The van der Waals surface area contributed by atoms with E-state index in [-0.39, 0.29) is 18.4 Å². The zero-order valence-electron chi connectivity index (χ0n) is 15.5. The maximum atomic E-state index is 12.4. The van der Waals surface area contributed by atoms with Gasteiger partial charge in [0.2, 0.25) is 0 Å². The summed E-state index contributed by atoms with van der Waals surface area (Å²) in [4.78, 5) is 32.6. The van der Waals surface area contributed by atoms with Crippen LogP contribution in [-0.4, -0.2) is 67.7 Å². The number of fused-ring (bicyclic) bond motifs is 1. The van der Waals surface area contributed by atoms with Gasteiger partial charge in [-0.2, -0.15) is 0 Å². The molecule has 0 saturated carbocycles. The molecule has 0 spiro atoms. The fourth-order valence-electron chi connectivity index (χ4n) is 3.30. The summed E-state index contributed by atoms with van der Waals surface area (Å²) in [5.74, 6) is 0.307. The Bertz CT molecular complexity index is 853. The molecule has 1 aromatic heterocycles. The normalized spacial score (nSPS) is 17.0. The number of nitrogens with zero attached hydrogens (tertiary/aromatic N) is 3. The largest absolute Gasteiger partial charge is 0.481 e. The Morgan fingerprint density at radius 3 is 2.68 bits per heavy atom. The quantitative estimate of drug-likeness (QED) is 0.841. The minimum Gasteiger partial charge on any atom is -0.481 e. The third-order valence-electron chi connectivity index (χ3n) is 4.85. The molecule has 8 nitrogen and oxygen atoms in total. The van der Waals surface area contributed by atoms with Gasteiger partial charge < -0.3 is 19.7 Å². The first-order chi connectivity index (χ1) is 13.7. The highest BCUT2D eigenvalue weighted by atomic mass is 16.5. The number of carbonyl (C=O) groups is 2. The van der Waals surface area contributed by atoms with Crippen LogP contribution in [0, 0.1) is 0 Å². The number of ether oxygens (including phenoxy) is 2. The van der Waals surface area contributed by atoms with E-state index in [1.807, 2.05) is 6.07 Å². The zero-order chi connectivity index (χ0) is 19.3. The van der Waals surface area contributed by atoms with Crippen molar-refractivity contribution in [2.45, 2.75) is 0 Å². The second-order valence-corrected chi connectivity index (χ2v) is 6.66. The molecule has 1 aromatic carbocycles. The maximum absolute atomic E-state index is 12.4. The second-order valence-electron chi connectivity index (χ2n) is 6.66. The highest BCUT2D eigenvalue weighted by molar-refractivity contribution is 6.05. The average molecular weight is 382 g/mol. The Hall–Kier alpha value is -2.97. The molecule has 2 aliphatic heterocycles. The minimum atomic E-state index is -0.224. The van der Waals surface area contributed by atoms with Gasteiger partial charge in [0.05, 0.1) is 18.9 Å². The summed E-state index contributed by atoms with van der Waals surface area (Å²) in [5, 5.41) is 2.85. The second kappa shape index (κ2) is 8.37. The van der Waals surface area contributed by atoms with Crippen LogP contribution >= 0.6 is 0 Å². The van der Waals surface area contributed by atoms with Crippen molar-refractivity contribution in [3.05, 3.63) is 48.3 Å². The lowest BCUT2D eigenvalue weighted by Gasteiger charge is -2.33. The first-order valence-electron chi connectivity index (χ1n) is 9.29. The number of hydrogen-bond acceptors (Lipinski definition) is 6. The predicted octanol–water partition coefficient (Wildman–Crippen LogP) is 1.39. The third kappa shape index (κ3) is 4.13. The number of hydrogen-bond donors (Lipinski definition) is 1. The Labute approximate surface area is 163 Å². The summed E-state index contributed by atoms with van der Waals surface area (Å²) < 4.78 is 11.0. The van der Waals surface area contributed by atoms with Gasteiger partial charge in [0, 0.05) is 55.9 Å². The van der Waals surface area contributed by atoms with Crippen molar-refractivity contribution in [2.75, 3.05) is 56.2 Å². The molecule has 1 saturated heterocycles. The number of aromatic nitrogens is 1. The van der Waals surface area contributed by atoms with Gasteiger partial charge >= 0.3 is 0 Å². The lowest BCUT2D eigenvalue weighted by Crippen LogP contribution is -2.45. The minimum absolute atomic E-state index is 0.00212. The highest BCUT2D eigenvalue weighted by Gasteiger charge is 2.26. The van der Waals surface area contributed by atoms with Crippen molar-refractivity contribution < 1.29 is 19.1 Å². The van der Waals surface area contributed by atoms with Gasteiger partial charge in [-0.05, 0) is 24.3 Å². The first kappa shape index (κ1) is 18.4. The van der Waals surface area contributed by atoms with E-state index in [1.54, 1.807) is 41.6 Å². The maximum Gasteiger partial charge on any atom is 0.265 e. The summed E-state index contributed by atoms with van der Waals surface area (Å²) in [5.41, 5.74) is 1.87. The molecule has 1 fully saturated rings. The molecule has 0 atom stereocenters. The molecule has 1 N–H and O–H groups in total. The van der Waals surface area contributed by atoms with E-state index >= 15 is 0 Å². The van der Waals surface area contributed by atoms with Crippen molar-refractivity contribution in [1.82, 2.24) is 9.88 Å². The topological polar surface area (TPSA) is 84.0 Å². The van der Waals surface area contributed by atoms with Crippen LogP contribution < -0.4 is 15.0 Å². The van der Waals surface area contributed by atoms with E-state index in [1.165, 1.54) is 0 Å². The molecule has 3 heterocycles. The number of morpholine rings is 1. The molecular formula is C20H22N4O4. The van der Waals surface area contributed by atoms with Crippen LogP contribution in [0.4, 0.5) is 11.4 Å². The molecule has 2 aromatic rings. The third-order valence-corrected chi connectivity index (χ3v) is 4.85. The summed E-state index contributed by atoms with van der Waals surface area (Å²) in [6, 6.07) is 8.64. The predicted molar refractivity (Wildman–Crippen MR) is 104 cm³/mol.